The molecule has 1 aliphatic carbocycles. The van der Waals surface area contributed by atoms with E-state index in [1.54, 1.807) is 0 Å². The van der Waals surface area contributed by atoms with Crippen LogP contribution in [0.4, 0.5) is 11.8 Å². The molecule has 0 bridgehead atoms. The van der Waals surface area contributed by atoms with Crippen LogP contribution in [0.25, 0.3) is 10.9 Å². The number of benzene rings is 2. The molecule has 1 fully saturated rings. The SMILES string of the molecule is CN(C)c1nc(NC2CCC(NCc3ccc4c(c3)OCO4)CC2)nc2ccccc12. The van der Waals surface area contributed by atoms with Crippen LogP contribution in [0.1, 0.15) is 31.2 Å². The summed E-state index contributed by atoms with van der Waals surface area (Å²) in [6.45, 7) is 1.17. The number of nitrogens with one attached hydrogen (secondary N) is 2. The molecule has 5 rings (SSSR count). The summed E-state index contributed by atoms with van der Waals surface area (Å²) in [7, 11) is 4.05. The average molecular weight is 420 g/mol. The fourth-order valence-electron chi connectivity index (χ4n) is 4.40. The Labute approximate surface area is 182 Å². The Morgan fingerprint density at radius 3 is 2.55 bits per heavy atom. The smallest absolute Gasteiger partial charge is 0.231 e. The normalized spacial score (nSPS) is 20.1. The van der Waals surface area contributed by atoms with Crippen molar-refractivity contribution in [3.05, 3.63) is 48.0 Å². The quantitative estimate of drug-likeness (QED) is 0.627. The van der Waals surface area contributed by atoms with Gasteiger partial charge in [0.05, 0.1) is 5.52 Å². The Balaban J connectivity index is 1.17. The second-order valence-electron chi connectivity index (χ2n) is 8.54. The molecule has 31 heavy (non-hydrogen) atoms. The number of ether oxygens (including phenoxy) is 2. The van der Waals surface area contributed by atoms with Crippen LogP contribution in [0.2, 0.25) is 0 Å². The van der Waals surface area contributed by atoms with Crippen molar-refractivity contribution < 1.29 is 9.47 Å². The van der Waals surface area contributed by atoms with E-state index < -0.39 is 0 Å². The summed E-state index contributed by atoms with van der Waals surface area (Å²) in [6.07, 6.45) is 4.48. The third kappa shape index (κ3) is 4.37. The first-order chi connectivity index (χ1) is 15.2. The summed E-state index contributed by atoms with van der Waals surface area (Å²) in [4.78, 5) is 11.6. The minimum absolute atomic E-state index is 0.320. The van der Waals surface area contributed by atoms with Gasteiger partial charge >= 0.3 is 0 Å². The lowest BCUT2D eigenvalue weighted by molar-refractivity contribution is 0.174. The summed E-state index contributed by atoms with van der Waals surface area (Å²) < 4.78 is 10.9. The Morgan fingerprint density at radius 2 is 1.71 bits per heavy atom. The molecule has 7 heteroatoms. The van der Waals surface area contributed by atoms with E-state index in [1.807, 2.05) is 43.3 Å². The van der Waals surface area contributed by atoms with E-state index in [2.05, 4.69) is 28.8 Å². The van der Waals surface area contributed by atoms with E-state index in [0.29, 0.717) is 18.9 Å². The molecule has 1 saturated carbocycles. The van der Waals surface area contributed by atoms with Crippen LogP contribution in [0.15, 0.2) is 42.5 Å². The number of nitrogens with zero attached hydrogens (tertiary/aromatic N) is 3. The zero-order chi connectivity index (χ0) is 21.2. The molecule has 0 radical (unpaired) electrons. The van der Waals surface area contributed by atoms with Gasteiger partial charge in [0.15, 0.2) is 11.5 Å². The van der Waals surface area contributed by atoms with Crippen molar-refractivity contribution in [1.82, 2.24) is 15.3 Å². The maximum atomic E-state index is 5.48. The molecule has 1 aliphatic heterocycles. The van der Waals surface area contributed by atoms with Gasteiger partial charge in [-0.3, -0.25) is 0 Å². The van der Waals surface area contributed by atoms with Crippen LogP contribution in [0.5, 0.6) is 11.5 Å². The highest BCUT2D eigenvalue weighted by molar-refractivity contribution is 5.90. The van der Waals surface area contributed by atoms with Crippen molar-refractivity contribution in [2.75, 3.05) is 31.1 Å². The summed E-state index contributed by atoms with van der Waals surface area (Å²) in [5.41, 5.74) is 2.20. The Bertz CT molecular complexity index is 1060. The third-order valence-corrected chi connectivity index (χ3v) is 6.10. The molecule has 2 heterocycles. The zero-order valence-corrected chi connectivity index (χ0v) is 18.1. The Morgan fingerprint density at radius 1 is 0.935 bits per heavy atom. The molecular formula is C24H29N5O2. The number of fused-ring (bicyclic) bond motifs is 2. The summed E-state index contributed by atoms with van der Waals surface area (Å²) >= 11 is 0. The molecule has 7 nitrogen and oxygen atoms in total. The molecule has 2 aromatic carbocycles. The third-order valence-electron chi connectivity index (χ3n) is 6.10. The fourth-order valence-corrected chi connectivity index (χ4v) is 4.40. The predicted octanol–water partition coefficient (Wildman–Crippen LogP) is 3.94. The molecule has 162 valence electrons. The lowest BCUT2D eigenvalue weighted by Gasteiger charge is -2.30. The van der Waals surface area contributed by atoms with Crippen molar-refractivity contribution in [3.63, 3.8) is 0 Å². The predicted molar refractivity (Wildman–Crippen MR) is 123 cm³/mol. The van der Waals surface area contributed by atoms with E-state index in [9.17, 15) is 0 Å². The van der Waals surface area contributed by atoms with E-state index in [-0.39, 0.29) is 0 Å². The van der Waals surface area contributed by atoms with Crippen LogP contribution in [0, 0.1) is 0 Å². The van der Waals surface area contributed by atoms with Crippen molar-refractivity contribution in [3.8, 4) is 11.5 Å². The monoisotopic (exact) mass is 419 g/mol. The van der Waals surface area contributed by atoms with Crippen LogP contribution in [0.3, 0.4) is 0 Å². The van der Waals surface area contributed by atoms with E-state index in [0.717, 1.165) is 66.4 Å². The maximum absolute atomic E-state index is 5.48. The zero-order valence-electron chi connectivity index (χ0n) is 18.1. The van der Waals surface area contributed by atoms with Gasteiger partial charge in [-0.1, -0.05) is 18.2 Å². The van der Waals surface area contributed by atoms with Crippen molar-refractivity contribution in [1.29, 1.82) is 0 Å². The van der Waals surface area contributed by atoms with Crippen LogP contribution in [-0.4, -0.2) is 42.9 Å². The van der Waals surface area contributed by atoms with Crippen LogP contribution in [-0.2, 0) is 6.54 Å². The number of aromatic nitrogens is 2. The summed E-state index contributed by atoms with van der Waals surface area (Å²) in [5, 5.41) is 8.36. The Hall–Kier alpha value is -3.06. The van der Waals surface area contributed by atoms with Crippen molar-refractivity contribution in [2.24, 2.45) is 0 Å². The lowest BCUT2D eigenvalue weighted by Crippen LogP contribution is -2.37. The number of para-hydroxylation sites is 1. The minimum Gasteiger partial charge on any atom is -0.454 e. The van der Waals surface area contributed by atoms with Crippen molar-refractivity contribution in [2.45, 2.75) is 44.3 Å². The van der Waals surface area contributed by atoms with Crippen LogP contribution >= 0.6 is 0 Å². The minimum atomic E-state index is 0.320. The number of anilines is 2. The topological polar surface area (TPSA) is 71.5 Å². The second-order valence-corrected chi connectivity index (χ2v) is 8.54. The number of rotatable bonds is 6. The molecule has 0 amide bonds. The van der Waals surface area contributed by atoms with Gasteiger partial charge in [-0.25, -0.2) is 4.98 Å². The highest BCUT2D eigenvalue weighted by Crippen LogP contribution is 2.32. The number of hydrogen-bond acceptors (Lipinski definition) is 7. The fraction of sp³-hybridized carbons (Fsp3) is 0.417. The molecule has 0 saturated heterocycles. The lowest BCUT2D eigenvalue weighted by atomic mass is 9.91. The van der Waals surface area contributed by atoms with Crippen LogP contribution < -0.4 is 25.0 Å². The van der Waals surface area contributed by atoms with Gasteiger partial charge in [0.2, 0.25) is 12.7 Å². The molecule has 1 aromatic heterocycles. The summed E-state index contributed by atoms with van der Waals surface area (Å²) in [5.74, 6) is 3.36. The maximum Gasteiger partial charge on any atom is 0.231 e. The van der Waals surface area contributed by atoms with E-state index in [1.165, 1.54) is 5.56 Å². The summed E-state index contributed by atoms with van der Waals surface area (Å²) in [6, 6.07) is 15.3. The van der Waals surface area contributed by atoms with Gasteiger partial charge in [-0.2, -0.15) is 4.98 Å². The molecule has 3 aromatic rings. The molecule has 2 aliphatic rings. The van der Waals surface area contributed by atoms with Gasteiger partial charge in [0.25, 0.3) is 0 Å². The highest BCUT2D eigenvalue weighted by Gasteiger charge is 2.22. The van der Waals surface area contributed by atoms with Crippen molar-refractivity contribution >= 4 is 22.7 Å². The molecular weight excluding hydrogens is 390 g/mol. The average Bonchev–Trinajstić information content (AvgIpc) is 3.26. The van der Waals surface area contributed by atoms with E-state index in [4.69, 9.17) is 19.4 Å². The molecule has 0 atom stereocenters. The second kappa shape index (κ2) is 8.59. The molecule has 2 N–H and O–H groups in total. The van der Waals surface area contributed by atoms with Gasteiger partial charge in [-0.05, 0) is 55.5 Å². The first kappa shape index (κ1) is 19.9. The highest BCUT2D eigenvalue weighted by atomic mass is 16.7. The van der Waals surface area contributed by atoms with Gasteiger partial charge in [0, 0.05) is 38.1 Å². The van der Waals surface area contributed by atoms with E-state index >= 15 is 0 Å². The van der Waals surface area contributed by atoms with Gasteiger partial charge < -0.3 is 25.0 Å². The molecule has 0 unspecified atom stereocenters. The largest absolute Gasteiger partial charge is 0.454 e. The van der Waals surface area contributed by atoms with Gasteiger partial charge in [0.1, 0.15) is 5.82 Å². The molecule has 0 spiro atoms. The Kier molecular flexibility index (Phi) is 5.51. The first-order valence-corrected chi connectivity index (χ1v) is 11.0. The van der Waals surface area contributed by atoms with Gasteiger partial charge in [-0.15, -0.1) is 0 Å². The first-order valence-electron chi connectivity index (χ1n) is 11.0. The number of hydrogen-bond donors (Lipinski definition) is 2. The standard InChI is InChI=1S/C24H29N5O2/c1-29(2)23-19-5-3-4-6-20(19)27-24(28-23)26-18-10-8-17(9-11-18)25-14-16-7-12-21-22(13-16)31-15-30-21/h3-7,12-13,17-18,25H,8-11,14-15H2,1-2H3,(H,26,27,28).